The summed E-state index contributed by atoms with van der Waals surface area (Å²) >= 11 is 0. The summed E-state index contributed by atoms with van der Waals surface area (Å²) in [6.45, 7) is 0.898. The molecule has 2 atom stereocenters. The van der Waals surface area contributed by atoms with Crippen molar-refractivity contribution in [2.45, 2.75) is 25.3 Å². The highest BCUT2D eigenvalue weighted by Crippen LogP contribution is 2.20. The van der Waals surface area contributed by atoms with Crippen LogP contribution in [0, 0.1) is 5.92 Å². The summed E-state index contributed by atoms with van der Waals surface area (Å²) < 4.78 is 5.23. The van der Waals surface area contributed by atoms with Gasteiger partial charge in [-0.2, -0.15) is 0 Å². The smallest absolute Gasteiger partial charge is 0.308 e. The summed E-state index contributed by atoms with van der Waals surface area (Å²) in [4.78, 5) is 11.0. The summed E-state index contributed by atoms with van der Waals surface area (Å²) in [5.74, 6) is -0.150. The van der Waals surface area contributed by atoms with Crippen LogP contribution in [0.5, 0.6) is 0 Å². The number of furan rings is 1. The van der Waals surface area contributed by atoms with Crippen LogP contribution in [-0.2, 0) is 11.2 Å². The maximum absolute atomic E-state index is 11.0. The first-order valence-corrected chi connectivity index (χ1v) is 5.26. The Morgan fingerprint density at radius 3 is 3.20 bits per heavy atom. The van der Waals surface area contributed by atoms with Gasteiger partial charge in [-0.05, 0) is 31.5 Å². The standard InChI is InChI=1S/C11H15NO3/c13-11(14)9-4-1-5-12-10(9)7-8-3-2-6-15-8/h2-3,6,9-10,12H,1,4-5,7H2,(H,13,14). The minimum absolute atomic E-state index is 0.00222. The van der Waals surface area contributed by atoms with E-state index in [1.165, 1.54) is 0 Å². The Balaban J connectivity index is 2.02. The van der Waals surface area contributed by atoms with Gasteiger partial charge < -0.3 is 14.8 Å². The molecule has 1 aliphatic rings. The van der Waals surface area contributed by atoms with Crippen LogP contribution in [0.2, 0.25) is 0 Å². The molecule has 0 radical (unpaired) electrons. The molecule has 0 saturated carbocycles. The lowest BCUT2D eigenvalue weighted by Gasteiger charge is -2.29. The van der Waals surface area contributed by atoms with Crippen molar-refractivity contribution in [1.82, 2.24) is 5.32 Å². The van der Waals surface area contributed by atoms with Crippen molar-refractivity contribution in [3.05, 3.63) is 24.2 Å². The molecule has 2 unspecified atom stereocenters. The van der Waals surface area contributed by atoms with Crippen LogP contribution in [0.3, 0.4) is 0 Å². The second-order valence-electron chi connectivity index (χ2n) is 3.93. The van der Waals surface area contributed by atoms with Gasteiger partial charge in [-0.15, -0.1) is 0 Å². The Hall–Kier alpha value is -1.29. The molecule has 15 heavy (non-hydrogen) atoms. The van der Waals surface area contributed by atoms with Gasteiger partial charge in [0, 0.05) is 12.5 Å². The molecule has 0 bridgehead atoms. The topological polar surface area (TPSA) is 62.5 Å². The molecule has 0 amide bonds. The number of carboxylic acids is 1. The van der Waals surface area contributed by atoms with Gasteiger partial charge in [-0.25, -0.2) is 0 Å². The number of rotatable bonds is 3. The fourth-order valence-corrected chi connectivity index (χ4v) is 2.11. The van der Waals surface area contributed by atoms with E-state index in [2.05, 4.69) is 5.32 Å². The summed E-state index contributed by atoms with van der Waals surface area (Å²) in [6.07, 6.45) is 3.97. The predicted octanol–water partition coefficient (Wildman–Crippen LogP) is 1.27. The SMILES string of the molecule is O=C(O)C1CCCNC1Cc1ccco1. The third-order valence-electron chi connectivity index (χ3n) is 2.90. The molecule has 0 spiro atoms. The van der Waals surface area contributed by atoms with E-state index in [9.17, 15) is 4.79 Å². The second-order valence-corrected chi connectivity index (χ2v) is 3.93. The number of aliphatic carboxylic acids is 1. The monoisotopic (exact) mass is 209 g/mol. The van der Waals surface area contributed by atoms with Crippen LogP contribution in [0.25, 0.3) is 0 Å². The summed E-state index contributed by atoms with van der Waals surface area (Å²) in [6, 6.07) is 3.71. The van der Waals surface area contributed by atoms with Crippen molar-refractivity contribution < 1.29 is 14.3 Å². The molecule has 1 aromatic rings. The number of piperidine rings is 1. The Morgan fingerprint density at radius 2 is 2.53 bits per heavy atom. The average molecular weight is 209 g/mol. The lowest BCUT2D eigenvalue weighted by atomic mass is 9.88. The highest BCUT2D eigenvalue weighted by Gasteiger charge is 2.30. The zero-order valence-electron chi connectivity index (χ0n) is 8.48. The third-order valence-corrected chi connectivity index (χ3v) is 2.90. The number of hydrogen-bond donors (Lipinski definition) is 2. The molecule has 0 aromatic carbocycles. The predicted molar refractivity (Wildman–Crippen MR) is 54.6 cm³/mol. The van der Waals surface area contributed by atoms with Gasteiger partial charge in [0.05, 0.1) is 12.2 Å². The van der Waals surface area contributed by atoms with E-state index in [0.717, 1.165) is 25.1 Å². The van der Waals surface area contributed by atoms with E-state index < -0.39 is 5.97 Å². The number of nitrogens with one attached hydrogen (secondary N) is 1. The van der Waals surface area contributed by atoms with Crippen molar-refractivity contribution in [1.29, 1.82) is 0 Å². The molecule has 82 valence electrons. The number of hydrogen-bond acceptors (Lipinski definition) is 3. The Kier molecular flexibility index (Phi) is 3.06. The summed E-state index contributed by atoms with van der Waals surface area (Å²) in [7, 11) is 0. The zero-order chi connectivity index (χ0) is 10.7. The summed E-state index contributed by atoms with van der Waals surface area (Å²) in [5, 5.41) is 12.3. The minimum atomic E-state index is -0.709. The van der Waals surface area contributed by atoms with Gasteiger partial charge in [0.15, 0.2) is 0 Å². The quantitative estimate of drug-likeness (QED) is 0.787. The lowest BCUT2D eigenvalue weighted by Crippen LogP contribution is -2.45. The van der Waals surface area contributed by atoms with Crippen LogP contribution in [0.4, 0.5) is 0 Å². The fraction of sp³-hybridized carbons (Fsp3) is 0.545. The molecule has 1 fully saturated rings. The van der Waals surface area contributed by atoms with Gasteiger partial charge in [0.2, 0.25) is 0 Å². The van der Waals surface area contributed by atoms with E-state index >= 15 is 0 Å². The first-order chi connectivity index (χ1) is 7.27. The Morgan fingerprint density at radius 1 is 1.67 bits per heavy atom. The fourth-order valence-electron chi connectivity index (χ4n) is 2.11. The minimum Gasteiger partial charge on any atom is -0.481 e. The van der Waals surface area contributed by atoms with Crippen LogP contribution in [0.1, 0.15) is 18.6 Å². The maximum Gasteiger partial charge on any atom is 0.308 e. The molecular formula is C11H15NO3. The van der Waals surface area contributed by atoms with Crippen LogP contribution in [-0.4, -0.2) is 23.7 Å². The van der Waals surface area contributed by atoms with Gasteiger partial charge in [0.25, 0.3) is 0 Å². The Bertz CT molecular complexity index is 321. The molecule has 2 heterocycles. The molecular weight excluding hydrogens is 194 g/mol. The van der Waals surface area contributed by atoms with Crippen LogP contribution < -0.4 is 5.32 Å². The first kappa shape index (κ1) is 10.2. The normalized spacial score (nSPS) is 26.4. The summed E-state index contributed by atoms with van der Waals surface area (Å²) in [5.41, 5.74) is 0. The van der Waals surface area contributed by atoms with E-state index in [1.54, 1.807) is 6.26 Å². The van der Waals surface area contributed by atoms with Gasteiger partial charge >= 0.3 is 5.97 Å². The van der Waals surface area contributed by atoms with Crippen molar-refractivity contribution in [2.24, 2.45) is 5.92 Å². The second kappa shape index (κ2) is 4.49. The van der Waals surface area contributed by atoms with E-state index in [4.69, 9.17) is 9.52 Å². The van der Waals surface area contributed by atoms with Gasteiger partial charge in [-0.1, -0.05) is 0 Å². The first-order valence-electron chi connectivity index (χ1n) is 5.26. The maximum atomic E-state index is 11.0. The molecule has 1 saturated heterocycles. The molecule has 2 N–H and O–H groups in total. The van der Waals surface area contributed by atoms with E-state index in [0.29, 0.717) is 6.42 Å². The largest absolute Gasteiger partial charge is 0.481 e. The van der Waals surface area contributed by atoms with Crippen molar-refractivity contribution >= 4 is 5.97 Å². The third kappa shape index (κ3) is 2.39. The zero-order valence-corrected chi connectivity index (χ0v) is 8.48. The molecule has 2 rings (SSSR count). The highest BCUT2D eigenvalue weighted by molar-refractivity contribution is 5.71. The van der Waals surface area contributed by atoms with Crippen LogP contribution in [0.15, 0.2) is 22.8 Å². The Labute approximate surface area is 88.3 Å². The number of carbonyl (C=O) groups is 1. The van der Waals surface area contributed by atoms with Gasteiger partial charge in [0.1, 0.15) is 5.76 Å². The van der Waals surface area contributed by atoms with E-state index in [1.807, 2.05) is 12.1 Å². The van der Waals surface area contributed by atoms with Crippen LogP contribution >= 0.6 is 0 Å². The van der Waals surface area contributed by atoms with Crippen molar-refractivity contribution in [3.8, 4) is 0 Å². The molecule has 1 aromatic heterocycles. The average Bonchev–Trinajstić information content (AvgIpc) is 2.71. The molecule has 4 heteroatoms. The molecule has 1 aliphatic heterocycles. The number of carboxylic acid groups (broad SMARTS) is 1. The van der Waals surface area contributed by atoms with Crippen molar-refractivity contribution in [2.75, 3.05) is 6.54 Å². The van der Waals surface area contributed by atoms with Crippen molar-refractivity contribution in [3.63, 3.8) is 0 Å². The van der Waals surface area contributed by atoms with Gasteiger partial charge in [-0.3, -0.25) is 4.79 Å². The highest BCUT2D eigenvalue weighted by atomic mass is 16.4. The van der Waals surface area contributed by atoms with E-state index in [-0.39, 0.29) is 12.0 Å². The molecule has 4 nitrogen and oxygen atoms in total. The molecule has 0 aliphatic carbocycles. The lowest BCUT2D eigenvalue weighted by molar-refractivity contribution is -0.143.